The number of aromatic hydroxyl groups is 1. The van der Waals surface area contributed by atoms with E-state index in [0.717, 1.165) is 5.56 Å². The van der Waals surface area contributed by atoms with E-state index in [1.807, 2.05) is 0 Å². The second kappa shape index (κ2) is 10.1. The third-order valence-electron chi connectivity index (χ3n) is 5.42. The standard InChI is InChI=1S/C23H26FN3O4/c24-17-9-6-15(7-10-17)8-11-19(22(25)30)26-23(31)20(27-12-2-5-21(27)29)14-16-3-1-4-18(28)13-16/h1,3-4,6-7,9-10,13,19-20,28H,2,5,8,11-12,14H2,(H2,25,30)(H,26,31)/t19-,20-/m0/s1. The summed E-state index contributed by atoms with van der Waals surface area (Å²) in [5.74, 6) is -1.56. The molecule has 0 aliphatic carbocycles. The molecular formula is C23H26FN3O4. The van der Waals surface area contributed by atoms with Crippen LogP contribution >= 0.6 is 0 Å². The normalized spacial score (nSPS) is 15.5. The van der Waals surface area contributed by atoms with E-state index in [9.17, 15) is 23.9 Å². The van der Waals surface area contributed by atoms with Crippen molar-refractivity contribution in [3.8, 4) is 5.75 Å². The number of nitrogens with zero attached hydrogens (tertiary/aromatic N) is 1. The molecule has 4 N–H and O–H groups in total. The maximum Gasteiger partial charge on any atom is 0.243 e. The Balaban J connectivity index is 1.72. The number of phenols is 1. The first-order chi connectivity index (χ1) is 14.8. The molecule has 0 saturated carbocycles. The minimum atomic E-state index is -0.929. The second-order valence-corrected chi connectivity index (χ2v) is 7.71. The molecule has 2 aromatic rings. The topological polar surface area (TPSA) is 113 Å². The summed E-state index contributed by atoms with van der Waals surface area (Å²) >= 11 is 0. The number of nitrogens with one attached hydrogen (secondary N) is 1. The molecule has 1 fully saturated rings. The molecule has 164 valence electrons. The molecule has 1 heterocycles. The first-order valence-corrected chi connectivity index (χ1v) is 10.2. The lowest BCUT2D eigenvalue weighted by molar-refractivity contribution is -0.138. The lowest BCUT2D eigenvalue weighted by atomic mass is 10.0. The molecule has 8 heteroatoms. The van der Waals surface area contributed by atoms with Crippen LogP contribution in [0.25, 0.3) is 0 Å². The van der Waals surface area contributed by atoms with E-state index in [2.05, 4.69) is 5.32 Å². The summed E-state index contributed by atoms with van der Waals surface area (Å²) in [6, 6.07) is 10.6. The fourth-order valence-corrected chi connectivity index (χ4v) is 3.77. The SMILES string of the molecule is NC(=O)[C@H](CCc1ccc(F)cc1)NC(=O)[C@H](Cc1cccc(O)c1)N1CCCC1=O. The van der Waals surface area contributed by atoms with Crippen LogP contribution in [0.15, 0.2) is 48.5 Å². The molecule has 2 aromatic carbocycles. The van der Waals surface area contributed by atoms with Crippen LogP contribution in [0.1, 0.15) is 30.4 Å². The van der Waals surface area contributed by atoms with E-state index in [4.69, 9.17) is 5.73 Å². The van der Waals surface area contributed by atoms with Crippen molar-refractivity contribution in [1.29, 1.82) is 0 Å². The lowest BCUT2D eigenvalue weighted by Gasteiger charge is -2.28. The van der Waals surface area contributed by atoms with Crippen LogP contribution in [0.2, 0.25) is 0 Å². The number of carbonyl (C=O) groups is 3. The lowest BCUT2D eigenvalue weighted by Crippen LogP contribution is -2.54. The van der Waals surface area contributed by atoms with Crippen LogP contribution in [0.4, 0.5) is 4.39 Å². The van der Waals surface area contributed by atoms with Gasteiger partial charge in [-0.3, -0.25) is 14.4 Å². The summed E-state index contributed by atoms with van der Waals surface area (Å²) in [5.41, 5.74) is 7.01. The van der Waals surface area contributed by atoms with Gasteiger partial charge in [0.2, 0.25) is 17.7 Å². The van der Waals surface area contributed by atoms with Crippen molar-refractivity contribution in [1.82, 2.24) is 10.2 Å². The van der Waals surface area contributed by atoms with Gasteiger partial charge in [0.05, 0.1) is 0 Å². The van der Waals surface area contributed by atoms with Crippen LogP contribution in [0.5, 0.6) is 5.75 Å². The molecule has 3 rings (SSSR count). The second-order valence-electron chi connectivity index (χ2n) is 7.71. The Labute approximate surface area is 180 Å². The highest BCUT2D eigenvalue weighted by Gasteiger charge is 2.34. The quantitative estimate of drug-likeness (QED) is 0.565. The number of halogens is 1. The zero-order valence-corrected chi connectivity index (χ0v) is 17.1. The third-order valence-corrected chi connectivity index (χ3v) is 5.42. The Kier molecular flexibility index (Phi) is 7.23. The Morgan fingerprint density at radius 2 is 1.90 bits per heavy atom. The van der Waals surface area contributed by atoms with E-state index < -0.39 is 23.9 Å². The van der Waals surface area contributed by atoms with Gasteiger partial charge in [0.25, 0.3) is 0 Å². The molecule has 31 heavy (non-hydrogen) atoms. The van der Waals surface area contributed by atoms with Gasteiger partial charge in [-0.2, -0.15) is 0 Å². The first kappa shape index (κ1) is 22.3. The van der Waals surface area contributed by atoms with Crippen molar-refractivity contribution in [3.05, 3.63) is 65.5 Å². The molecule has 1 aliphatic heterocycles. The minimum absolute atomic E-state index is 0.0683. The number of hydrogen-bond acceptors (Lipinski definition) is 4. The van der Waals surface area contributed by atoms with E-state index >= 15 is 0 Å². The number of nitrogens with two attached hydrogens (primary N) is 1. The predicted octanol–water partition coefficient (Wildman–Crippen LogP) is 1.67. The largest absolute Gasteiger partial charge is 0.508 e. The average molecular weight is 427 g/mol. The molecular weight excluding hydrogens is 401 g/mol. The van der Waals surface area contributed by atoms with Gasteiger partial charge in [-0.1, -0.05) is 24.3 Å². The number of phenolic OH excluding ortho intramolecular Hbond substituents is 1. The molecule has 2 atom stereocenters. The fraction of sp³-hybridized carbons (Fsp3) is 0.348. The highest BCUT2D eigenvalue weighted by atomic mass is 19.1. The van der Waals surface area contributed by atoms with Gasteiger partial charge in [-0.15, -0.1) is 0 Å². The highest BCUT2D eigenvalue weighted by Crippen LogP contribution is 2.20. The summed E-state index contributed by atoms with van der Waals surface area (Å²) < 4.78 is 13.1. The van der Waals surface area contributed by atoms with Crippen LogP contribution in [0, 0.1) is 5.82 Å². The first-order valence-electron chi connectivity index (χ1n) is 10.2. The summed E-state index contributed by atoms with van der Waals surface area (Å²) in [6.45, 7) is 0.451. The van der Waals surface area contributed by atoms with Crippen LogP contribution in [-0.2, 0) is 27.2 Å². The molecule has 0 radical (unpaired) electrons. The highest BCUT2D eigenvalue weighted by molar-refractivity contribution is 5.92. The molecule has 7 nitrogen and oxygen atoms in total. The van der Waals surface area contributed by atoms with Crippen LogP contribution < -0.4 is 11.1 Å². The van der Waals surface area contributed by atoms with Crippen molar-refractivity contribution >= 4 is 17.7 Å². The van der Waals surface area contributed by atoms with Gasteiger partial charge in [0.15, 0.2) is 0 Å². The summed E-state index contributed by atoms with van der Waals surface area (Å²) in [7, 11) is 0. The zero-order chi connectivity index (χ0) is 22.4. The Morgan fingerprint density at radius 1 is 1.16 bits per heavy atom. The Hall–Kier alpha value is -3.42. The number of likely N-dealkylation sites (tertiary alicyclic amines) is 1. The van der Waals surface area contributed by atoms with Gasteiger partial charge >= 0.3 is 0 Å². The number of primary amides is 1. The minimum Gasteiger partial charge on any atom is -0.508 e. The molecule has 0 aromatic heterocycles. The molecule has 0 spiro atoms. The molecule has 1 aliphatic rings. The van der Waals surface area contributed by atoms with E-state index in [-0.39, 0.29) is 30.3 Å². The number of carbonyl (C=O) groups excluding carboxylic acids is 3. The Bertz CT molecular complexity index is 948. The summed E-state index contributed by atoms with van der Waals surface area (Å²) in [5, 5.41) is 12.4. The van der Waals surface area contributed by atoms with Crippen molar-refractivity contribution in [2.75, 3.05) is 6.54 Å². The van der Waals surface area contributed by atoms with Crippen molar-refractivity contribution < 1.29 is 23.9 Å². The smallest absolute Gasteiger partial charge is 0.243 e. The van der Waals surface area contributed by atoms with Gasteiger partial charge in [-0.25, -0.2) is 4.39 Å². The maximum absolute atomic E-state index is 13.1. The zero-order valence-electron chi connectivity index (χ0n) is 17.1. The van der Waals surface area contributed by atoms with Gasteiger partial charge in [0, 0.05) is 19.4 Å². The van der Waals surface area contributed by atoms with Crippen LogP contribution in [0.3, 0.4) is 0 Å². The molecule has 0 unspecified atom stereocenters. The predicted molar refractivity (Wildman–Crippen MR) is 112 cm³/mol. The number of rotatable bonds is 9. The number of aryl methyl sites for hydroxylation is 1. The van der Waals surface area contributed by atoms with E-state index in [0.29, 0.717) is 31.4 Å². The third kappa shape index (κ3) is 6.04. The number of hydrogen-bond donors (Lipinski definition) is 3. The number of amides is 3. The molecule has 3 amide bonds. The molecule has 0 bridgehead atoms. The van der Waals surface area contributed by atoms with Gasteiger partial charge in [-0.05, 0) is 54.7 Å². The van der Waals surface area contributed by atoms with Crippen molar-refractivity contribution in [2.24, 2.45) is 5.73 Å². The van der Waals surface area contributed by atoms with Gasteiger partial charge in [0.1, 0.15) is 23.7 Å². The van der Waals surface area contributed by atoms with E-state index in [1.54, 1.807) is 30.3 Å². The van der Waals surface area contributed by atoms with Crippen molar-refractivity contribution in [3.63, 3.8) is 0 Å². The monoisotopic (exact) mass is 427 g/mol. The van der Waals surface area contributed by atoms with Crippen molar-refractivity contribution in [2.45, 2.75) is 44.2 Å². The average Bonchev–Trinajstić information content (AvgIpc) is 3.15. The molecule has 1 saturated heterocycles. The number of benzene rings is 2. The van der Waals surface area contributed by atoms with Crippen LogP contribution in [-0.4, -0.2) is 46.4 Å². The maximum atomic E-state index is 13.1. The Morgan fingerprint density at radius 3 is 2.52 bits per heavy atom. The summed E-state index contributed by atoms with van der Waals surface area (Å²) in [6.07, 6.45) is 1.91. The fourth-order valence-electron chi connectivity index (χ4n) is 3.77. The summed E-state index contributed by atoms with van der Waals surface area (Å²) in [4.78, 5) is 38.9. The van der Waals surface area contributed by atoms with Gasteiger partial charge < -0.3 is 21.1 Å². The van der Waals surface area contributed by atoms with E-state index in [1.165, 1.54) is 23.1 Å².